The molecule has 4 aromatic rings. The Bertz CT molecular complexity index is 1390. The summed E-state index contributed by atoms with van der Waals surface area (Å²) in [5.74, 6) is 0.122. The SMILES string of the molecule is CNC(=O)C1CN(c2nc(-c3cccnc3)nc3c(OC)cc(-c4cc(F)ccc4F)cc23)C1. The van der Waals surface area contributed by atoms with Crippen molar-refractivity contribution in [3.05, 3.63) is 66.5 Å². The Morgan fingerprint density at radius 2 is 1.94 bits per heavy atom. The Labute approximate surface area is 194 Å². The van der Waals surface area contributed by atoms with Crippen LogP contribution in [0.25, 0.3) is 33.4 Å². The molecule has 1 fully saturated rings. The fourth-order valence-corrected chi connectivity index (χ4v) is 4.10. The van der Waals surface area contributed by atoms with Gasteiger partial charge in [0.15, 0.2) is 5.82 Å². The lowest BCUT2D eigenvalue weighted by Crippen LogP contribution is -2.53. The van der Waals surface area contributed by atoms with Crippen molar-refractivity contribution in [2.45, 2.75) is 0 Å². The monoisotopic (exact) mass is 461 g/mol. The number of rotatable bonds is 5. The van der Waals surface area contributed by atoms with Crippen LogP contribution in [-0.2, 0) is 4.79 Å². The average Bonchev–Trinajstić information content (AvgIpc) is 2.84. The highest BCUT2D eigenvalue weighted by Gasteiger charge is 2.34. The van der Waals surface area contributed by atoms with Gasteiger partial charge >= 0.3 is 0 Å². The predicted molar refractivity (Wildman–Crippen MR) is 124 cm³/mol. The molecule has 0 saturated carbocycles. The Kier molecular flexibility index (Phi) is 5.53. The van der Waals surface area contributed by atoms with Gasteiger partial charge in [0.2, 0.25) is 5.91 Å². The zero-order valence-electron chi connectivity index (χ0n) is 18.5. The molecule has 3 heterocycles. The van der Waals surface area contributed by atoms with Gasteiger partial charge < -0.3 is 15.0 Å². The average molecular weight is 461 g/mol. The molecule has 0 unspecified atom stereocenters. The summed E-state index contributed by atoms with van der Waals surface area (Å²) in [5, 5.41) is 3.28. The van der Waals surface area contributed by atoms with Gasteiger partial charge in [-0.1, -0.05) is 0 Å². The molecular weight excluding hydrogens is 440 g/mol. The number of ether oxygens (including phenoxy) is 1. The maximum atomic E-state index is 14.6. The molecular formula is C25H21F2N5O2. The van der Waals surface area contributed by atoms with Crippen LogP contribution >= 0.6 is 0 Å². The quantitative estimate of drug-likeness (QED) is 0.487. The minimum absolute atomic E-state index is 0.0396. The largest absolute Gasteiger partial charge is 0.494 e. The molecule has 5 rings (SSSR count). The molecule has 34 heavy (non-hydrogen) atoms. The summed E-state index contributed by atoms with van der Waals surface area (Å²) >= 11 is 0. The number of nitrogens with one attached hydrogen (secondary N) is 1. The van der Waals surface area contributed by atoms with Gasteiger partial charge in [0.25, 0.3) is 0 Å². The molecule has 0 atom stereocenters. The van der Waals surface area contributed by atoms with Crippen LogP contribution in [0.15, 0.2) is 54.9 Å². The first-order valence-corrected chi connectivity index (χ1v) is 10.7. The number of hydrogen-bond acceptors (Lipinski definition) is 6. The third-order valence-corrected chi connectivity index (χ3v) is 5.92. The fourth-order valence-electron chi connectivity index (χ4n) is 4.10. The number of aromatic nitrogens is 3. The third kappa shape index (κ3) is 3.79. The molecule has 9 heteroatoms. The number of hydrogen-bond donors (Lipinski definition) is 1. The number of anilines is 1. The molecule has 0 aliphatic carbocycles. The highest BCUT2D eigenvalue weighted by atomic mass is 19.1. The van der Waals surface area contributed by atoms with Crippen LogP contribution in [0.2, 0.25) is 0 Å². The van der Waals surface area contributed by atoms with E-state index >= 15 is 0 Å². The van der Waals surface area contributed by atoms with E-state index in [1.807, 2.05) is 11.0 Å². The number of methoxy groups -OCH3 is 1. The molecule has 1 aliphatic heterocycles. The molecule has 1 N–H and O–H groups in total. The summed E-state index contributed by atoms with van der Waals surface area (Å²) < 4.78 is 34.1. The third-order valence-electron chi connectivity index (χ3n) is 5.92. The fraction of sp³-hybridized carbons (Fsp3) is 0.200. The molecule has 7 nitrogen and oxygen atoms in total. The van der Waals surface area contributed by atoms with Gasteiger partial charge in [-0.05, 0) is 48.0 Å². The van der Waals surface area contributed by atoms with E-state index in [1.165, 1.54) is 7.11 Å². The standard InChI is InChI=1S/C25H21F2N5O2/c1-28-25(33)16-12-32(13-16)24-19-8-15(18-10-17(26)5-6-20(18)27)9-21(34-2)22(19)30-23(31-24)14-4-3-7-29-11-14/h3-11,16H,12-13H2,1-2H3,(H,28,33). The topological polar surface area (TPSA) is 80.2 Å². The lowest BCUT2D eigenvalue weighted by molar-refractivity contribution is -0.125. The number of amides is 1. The maximum absolute atomic E-state index is 14.6. The summed E-state index contributed by atoms with van der Waals surface area (Å²) in [6, 6.07) is 10.3. The van der Waals surface area contributed by atoms with Crippen LogP contribution in [0.1, 0.15) is 0 Å². The normalized spacial score (nSPS) is 13.6. The second kappa shape index (κ2) is 8.66. The van der Waals surface area contributed by atoms with Crippen molar-refractivity contribution in [2.24, 2.45) is 5.92 Å². The lowest BCUT2D eigenvalue weighted by Gasteiger charge is -2.39. The second-order valence-corrected chi connectivity index (χ2v) is 8.03. The van der Waals surface area contributed by atoms with Crippen molar-refractivity contribution in [2.75, 3.05) is 32.1 Å². The summed E-state index contributed by atoms with van der Waals surface area (Å²) in [5.41, 5.74) is 1.78. The van der Waals surface area contributed by atoms with E-state index in [-0.39, 0.29) is 17.4 Å². The van der Waals surface area contributed by atoms with Crippen LogP contribution in [0.4, 0.5) is 14.6 Å². The Morgan fingerprint density at radius 3 is 2.65 bits per heavy atom. The Balaban J connectivity index is 1.72. The van der Waals surface area contributed by atoms with Crippen LogP contribution in [-0.4, -0.2) is 48.1 Å². The smallest absolute Gasteiger partial charge is 0.226 e. The highest BCUT2D eigenvalue weighted by molar-refractivity contribution is 5.99. The molecule has 1 aliphatic rings. The van der Waals surface area contributed by atoms with Crippen LogP contribution in [0.3, 0.4) is 0 Å². The van der Waals surface area contributed by atoms with E-state index in [1.54, 1.807) is 37.6 Å². The molecule has 1 saturated heterocycles. The van der Waals surface area contributed by atoms with Crippen LogP contribution in [0, 0.1) is 17.6 Å². The molecule has 0 spiro atoms. The van der Waals surface area contributed by atoms with E-state index in [9.17, 15) is 13.6 Å². The first kappa shape index (κ1) is 21.7. The molecule has 2 aromatic heterocycles. The lowest BCUT2D eigenvalue weighted by atomic mass is 9.97. The molecule has 0 radical (unpaired) electrons. The van der Waals surface area contributed by atoms with E-state index in [4.69, 9.17) is 14.7 Å². The number of fused-ring (bicyclic) bond motifs is 1. The van der Waals surface area contributed by atoms with Gasteiger partial charge in [-0.15, -0.1) is 0 Å². The van der Waals surface area contributed by atoms with Gasteiger partial charge in [-0.2, -0.15) is 0 Å². The summed E-state index contributed by atoms with van der Waals surface area (Å²) in [4.78, 5) is 27.7. The summed E-state index contributed by atoms with van der Waals surface area (Å²) in [7, 11) is 3.10. The first-order chi connectivity index (χ1) is 16.5. The highest BCUT2D eigenvalue weighted by Crippen LogP contribution is 2.39. The number of nitrogens with zero attached hydrogens (tertiary/aromatic N) is 4. The van der Waals surface area contributed by atoms with Gasteiger partial charge in [0.05, 0.1) is 13.0 Å². The van der Waals surface area contributed by atoms with Crippen LogP contribution in [0.5, 0.6) is 5.75 Å². The van der Waals surface area contributed by atoms with E-state index in [0.29, 0.717) is 46.9 Å². The second-order valence-electron chi connectivity index (χ2n) is 8.03. The minimum atomic E-state index is -0.555. The number of benzene rings is 2. The summed E-state index contributed by atoms with van der Waals surface area (Å²) in [6.45, 7) is 0.943. The number of carbonyl (C=O) groups excluding carboxylic acids is 1. The number of halogens is 2. The van der Waals surface area contributed by atoms with Crippen molar-refractivity contribution in [1.82, 2.24) is 20.3 Å². The first-order valence-electron chi connectivity index (χ1n) is 10.7. The number of carbonyl (C=O) groups is 1. The van der Waals surface area contributed by atoms with Crippen molar-refractivity contribution in [1.29, 1.82) is 0 Å². The van der Waals surface area contributed by atoms with E-state index in [2.05, 4.69) is 10.3 Å². The van der Waals surface area contributed by atoms with Gasteiger partial charge in [0, 0.05) is 49.0 Å². The minimum Gasteiger partial charge on any atom is -0.494 e. The van der Waals surface area contributed by atoms with Gasteiger partial charge in [-0.25, -0.2) is 18.7 Å². The van der Waals surface area contributed by atoms with Gasteiger partial charge in [0.1, 0.15) is 28.7 Å². The Morgan fingerprint density at radius 1 is 1.12 bits per heavy atom. The molecule has 0 bridgehead atoms. The van der Waals surface area contributed by atoms with Crippen molar-refractivity contribution >= 4 is 22.6 Å². The molecule has 172 valence electrons. The number of pyridine rings is 1. The van der Waals surface area contributed by atoms with E-state index in [0.717, 1.165) is 23.8 Å². The van der Waals surface area contributed by atoms with Crippen molar-refractivity contribution in [3.63, 3.8) is 0 Å². The molecule has 1 amide bonds. The summed E-state index contributed by atoms with van der Waals surface area (Å²) in [6.07, 6.45) is 3.33. The van der Waals surface area contributed by atoms with E-state index < -0.39 is 11.6 Å². The van der Waals surface area contributed by atoms with Gasteiger partial charge in [-0.3, -0.25) is 9.78 Å². The van der Waals surface area contributed by atoms with Crippen molar-refractivity contribution in [3.8, 4) is 28.3 Å². The molecule has 2 aromatic carbocycles. The zero-order chi connectivity index (χ0) is 23.8. The zero-order valence-corrected chi connectivity index (χ0v) is 18.5. The Hall–Kier alpha value is -4.14. The van der Waals surface area contributed by atoms with Crippen LogP contribution < -0.4 is 15.0 Å². The predicted octanol–water partition coefficient (Wildman–Crippen LogP) is 3.83. The maximum Gasteiger partial charge on any atom is 0.226 e. The van der Waals surface area contributed by atoms with Crippen molar-refractivity contribution < 1.29 is 18.3 Å².